The van der Waals surface area contributed by atoms with Crippen LogP contribution < -0.4 is 10.5 Å². The van der Waals surface area contributed by atoms with E-state index >= 15 is 0 Å². The minimum absolute atomic E-state index is 0.0664. The van der Waals surface area contributed by atoms with Crippen molar-refractivity contribution in [1.29, 1.82) is 0 Å². The smallest absolute Gasteiger partial charge is 0.203 e. The van der Waals surface area contributed by atoms with Crippen LogP contribution in [0.2, 0.25) is 0 Å². The van der Waals surface area contributed by atoms with Gasteiger partial charge in [-0.1, -0.05) is 13.8 Å². The Hall–Kier alpha value is -1.34. The Kier molecular flexibility index (Phi) is 7.30. The van der Waals surface area contributed by atoms with Crippen LogP contribution >= 0.6 is 0 Å². The lowest BCUT2D eigenvalue weighted by molar-refractivity contribution is 0.107. The molecule has 0 aliphatic rings. The average Bonchev–Trinajstić information content (AvgIpc) is 2.38. The average molecular weight is 269 g/mol. The number of aliphatic hydroxyl groups excluding tert-OH is 1. The van der Waals surface area contributed by atoms with Gasteiger partial charge in [-0.15, -0.1) is 0 Å². The maximum absolute atomic E-state index is 13.0. The summed E-state index contributed by atoms with van der Waals surface area (Å²) < 4.78 is 55.7. The molecule has 104 valence electrons. The molecule has 1 atom stereocenters. The van der Waals surface area contributed by atoms with E-state index in [1.807, 2.05) is 13.8 Å². The van der Waals surface area contributed by atoms with E-state index < -0.39 is 41.7 Å². The summed E-state index contributed by atoms with van der Waals surface area (Å²) >= 11 is 0. The maximum atomic E-state index is 13.0. The summed E-state index contributed by atoms with van der Waals surface area (Å²) in [5.41, 5.74) is 5.01. The van der Waals surface area contributed by atoms with Crippen molar-refractivity contribution < 1.29 is 27.4 Å². The normalized spacial score (nSPS) is 11.6. The number of hydrogen-bond acceptors (Lipinski definition) is 3. The molecule has 0 bridgehead atoms. The van der Waals surface area contributed by atoms with Gasteiger partial charge in [-0.25, -0.2) is 8.78 Å². The lowest BCUT2D eigenvalue weighted by Crippen LogP contribution is -2.27. The van der Waals surface area contributed by atoms with Crippen molar-refractivity contribution in [3.63, 3.8) is 0 Å². The van der Waals surface area contributed by atoms with Gasteiger partial charge >= 0.3 is 0 Å². The van der Waals surface area contributed by atoms with E-state index in [4.69, 9.17) is 10.8 Å². The van der Waals surface area contributed by atoms with Gasteiger partial charge in [0.15, 0.2) is 17.4 Å². The minimum atomic E-state index is -1.65. The molecule has 0 saturated heterocycles. The van der Waals surface area contributed by atoms with Crippen LogP contribution in [-0.4, -0.2) is 24.4 Å². The first-order chi connectivity index (χ1) is 8.47. The first kappa shape index (κ1) is 16.7. The van der Waals surface area contributed by atoms with Gasteiger partial charge in [-0.2, -0.15) is 8.78 Å². The van der Waals surface area contributed by atoms with Crippen molar-refractivity contribution in [2.45, 2.75) is 20.0 Å². The minimum Gasteiger partial charge on any atom is -0.485 e. The Bertz CT molecular complexity index is 362. The molecule has 1 aromatic carbocycles. The van der Waals surface area contributed by atoms with Crippen LogP contribution in [0.3, 0.4) is 0 Å². The summed E-state index contributed by atoms with van der Waals surface area (Å²) in [7, 11) is 0. The summed E-state index contributed by atoms with van der Waals surface area (Å²) in [6, 6.07) is 0.0664. The van der Waals surface area contributed by atoms with Crippen LogP contribution in [0.15, 0.2) is 6.07 Å². The fourth-order valence-corrected chi connectivity index (χ4v) is 0.926. The molecule has 0 fully saturated rings. The van der Waals surface area contributed by atoms with Gasteiger partial charge in [0.25, 0.3) is 0 Å². The molecule has 0 aliphatic heterocycles. The highest BCUT2D eigenvalue weighted by Gasteiger charge is 2.21. The molecule has 3 nitrogen and oxygen atoms in total. The quantitative estimate of drug-likeness (QED) is 0.649. The maximum Gasteiger partial charge on any atom is 0.203 e. The molecule has 0 radical (unpaired) electrons. The number of rotatable bonds is 4. The Morgan fingerprint density at radius 2 is 1.61 bits per heavy atom. The largest absolute Gasteiger partial charge is 0.485 e. The van der Waals surface area contributed by atoms with Gasteiger partial charge < -0.3 is 15.6 Å². The molecule has 3 N–H and O–H groups in total. The molecule has 0 aromatic heterocycles. The molecular weight excluding hydrogens is 254 g/mol. The summed E-state index contributed by atoms with van der Waals surface area (Å²) in [5, 5.41) is 8.96. The number of aliphatic hydroxyl groups is 1. The molecule has 0 spiro atoms. The standard InChI is InChI=1S/C9H9F4NO2.C2H6/c10-5-1-6(11)8(13)9(7(5)12)16-3-4(15)2-14;1-2/h1,4,15H,2-3,14H2;1-2H3. The lowest BCUT2D eigenvalue weighted by Gasteiger charge is -2.12. The van der Waals surface area contributed by atoms with Gasteiger partial charge in [-0.3, -0.25) is 0 Å². The summed E-state index contributed by atoms with van der Waals surface area (Å²) in [6.45, 7) is 3.23. The van der Waals surface area contributed by atoms with Gasteiger partial charge in [0, 0.05) is 12.6 Å². The third-order valence-electron chi connectivity index (χ3n) is 1.76. The van der Waals surface area contributed by atoms with E-state index in [2.05, 4.69) is 4.74 Å². The van der Waals surface area contributed by atoms with Crippen molar-refractivity contribution in [2.24, 2.45) is 5.73 Å². The van der Waals surface area contributed by atoms with Crippen molar-refractivity contribution in [2.75, 3.05) is 13.2 Å². The Morgan fingerprint density at radius 3 is 2.00 bits per heavy atom. The molecular formula is C11H15F4NO2. The molecule has 0 amide bonds. The molecule has 0 saturated carbocycles. The monoisotopic (exact) mass is 269 g/mol. The second-order valence-corrected chi connectivity index (χ2v) is 3.00. The van der Waals surface area contributed by atoms with E-state index in [9.17, 15) is 17.6 Å². The zero-order valence-corrected chi connectivity index (χ0v) is 10.0. The van der Waals surface area contributed by atoms with Gasteiger partial charge in [0.05, 0.1) is 0 Å². The lowest BCUT2D eigenvalue weighted by atomic mass is 10.3. The van der Waals surface area contributed by atoms with Crippen LogP contribution in [0.5, 0.6) is 5.75 Å². The van der Waals surface area contributed by atoms with E-state index in [0.717, 1.165) is 0 Å². The fourth-order valence-electron chi connectivity index (χ4n) is 0.926. The van der Waals surface area contributed by atoms with E-state index in [-0.39, 0.29) is 12.6 Å². The number of halogens is 4. The van der Waals surface area contributed by atoms with Gasteiger partial charge in [-0.05, 0) is 0 Å². The SMILES string of the molecule is CC.NCC(O)COc1c(F)c(F)cc(F)c1F. The zero-order valence-electron chi connectivity index (χ0n) is 10.0. The summed E-state index contributed by atoms with van der Waals surface area (Å²) in [4.78, 5) is 0. The molecule has 0 aliphatic carbocycles. The fraction of sp³-hybridized carbons (Fsp3) is 0.455. The highest BCUT2D eigenvalue weighted by atomic mass is 19.2. The highest BCUT2D eigenvalue weighted by molar-refractivity contribution is 5.28. The predicted octanol–water partition coefficient (Wildman–Crippen LogP) is 1.97. The molecule has 1 aromatic rings. The Balaban J connectivity index is 0.00000137. The zero-order chi connectivity index (χ0) is 14.3. The predicted molar refractivity (Wildman–Crippen MR) is 58.2 cm³/mol. The molecule has 18 heavy (non-hydrogen) atoms. The van der Waals surface area contributed by atoms with Crippen molar-refractivity contribution in [3.05, 3.63) is 29.3 Å². The van der Waals surface area contributed by atoms with E-state index in [1.54, 1.807) is 0 Å². The first-order valence-electron chi connectivity index (χ1n) is 5.31. The van der Waals surface area contributed by atoms with Crippen molar-refractivity contribution >= 4 is 0 Å². The van der Waals surface area contributed by atoms with E-state index in [1.165, 1.54) is 0 Å². The van der Waals surface area contributed by atoms with Crippen LogP contribution in [0.4, 0.5) is 17.6 Å². The Morgan fingerprint density at radius 1 is 1.17 bits per heavy atom. The summed E-state index contributed by atoms with van der Waals surface area (Å²) in [5.74, 6) is -7.65. The second kappa shape index (κ2) is 7.88. The molecule has 1 unspecified atom stereocenters. The number of ether oxygens (including phenoxy) is 1. The van der Waals surface area contributed by atoms with E-state index in [0.29, 0.717) is 0 Å². The van der Waals surface area contributed by atoms with Gasteiger partial charge in [0.2, 0.25) is 11.6 Å². The van der Waals surface area contributed by atoms with Crippen molar-refractivity contribution in [3.8, 4) is 5.75 Å². The summed E-state index contributed by atoms with van der Waals surface area (Å²) in [6.07, 6.45) is -1.18. The second-order valence-electron chi connectivity index (χ2n) is 3.00. The molecule has 1 rings (SSSR count). The van der Waals surface area contributed by atoms with Crippen LogP contribution in [0.1, 0.15) is 13.8 Å². The third kappa shape index (κ3) is 4.15. The first-order valence-corrected chi connectivity index (χ1v) is 5.31. The Labute approximate surface area is 102 Å². The third-order valence-corrected chi connectivity index (χ3v) is 1.76. The van der Waals surface area contributed by atoms with Crippen LogP contribution in [-0.2, 0) is 0 Å². The van der Waals surface area contributed by atoms with Crippen LogP contribution in [0.25, 0.3) is 0 Å². The number of hydrogen-bond donors (Lipinski definition) is 2. The topological polar surface area (TPSA) is 55.5 Å². The van der Waals surface area contributed by atoms with Crippen molar-refractivity contribution in [1.82, 2.24) is 0 Å². The molecule has 7 heteroatoms. The van der Waals surface area contributed by atoms with Crippen LogP contribution in [0, 0.1) is 23.3 Å². The molecule has 0 heterocycles. The number of benzene rings is 1. The van der Waals surface area contributed by atoms with Gasteiger partial charge in [0.1, 0.15) is 12.7 Å². The highest BCUT2D eigenvalue weighted by Crippen LogP contribution is 2.26. The number of nitrogens with two attached hydrogens (primary N) is 1.